The van der Waals surface area contributed by atoms with Gasteiger partial charge in [0.25, 0.3) is 5.91 Å². The highest BCUT2D eigenvalue weighted by molar-refractivity contribution is 6.32. The summed E-state index contributed by atoms with van der Waals surface area (Å²) in [5.74, 6) is 0.357. The van der Waals surface area contributed by atoms with E-state index >= 15 is 0 Å². The van der Waals surface area contributed by atoms with E-state index in [1.165, 1.54) is 14.0 Å². The topological polar surface area (TPSA) is 73.9 Å². The van der Waals surface area contributed by atoms with Crippen LogP contribution in [0.3, 0.4) is 0 Å². The summed E-state index contributed by atoms with van der Waals surface area (Å²) in [6.07, 6.45) is -0.261. The number of halogens is 1. The average molecular weight is 392 g/mol. The average Bonchev–Trinajstić information content (AvgIpc) is 2.66. The van der Waals surface area contributed by atoms with Crippen molar-refractivity contribution in [3.63, 3.8) is 0 Å². The predicted molar refractivity (Wildman–Crippen MR) is 103 cm³/mol. The molecule has 1 amide bonds. The highest BCUT2D eigenvalue weighted by Gasteiger charge is 2.18. The molecule has 0 fully saturated rings. The smallest absolute Gasteiger partial charge is 0.306 e. The van der Waals surface area contributed by atoms with E-state index < -0.39 is 18.0 Å². The van der Waals surface area contributed by atoms with E-state index in [9.17, 15) is 9.59 Å². The van der Waals surface area contributed by atoms with E-state index in [0.29, 0.717) is 29.5 Å². The van der Waals surface area contributed by atoms with Gasteiger partial charge in [-0.2, -0.15) is 0 Å². The molecule has 0 bridgehead atoms. The quantitative estimate of drug-likeness (QED) is 0.515. The minimum absolute atomic E-state index is 0.165. The van der Waals surface area contributed by atoms with Gasteiger partial charge in [0.2, 0.25) is 0 Å². The predicted octanol–water partition coefficient (Wildman–Crippen LogP) is 4.08. The first-order valence-corrected chi connectivity index (χ1v) is 8.89. The molecule has 0 saturated carbocycles. The van der Waals surface area contributed by atoms with Gasteiger partial charge in [0, 0.05) is 12.1 Å². The van der Waals surface area contributed by atoms with Crippen LogP contribution in [0.2, 0.25) is 5.02 Å². The third kappa shape index (κ3) is 6.83. The summed E-state index contributed by atoms with van der Waals surface area (Å²) in [6.45, 7) is 1.91. The number of methoxy groups -OCH3 is 1. The Bertz CT molecular complexity index is 766. The molecule has 144 valence electrons. The van der Waals surface area contributed by atoms with E-state index in [2.05, 4.69) is 5.32 Å². The fraction of sp³-hybridized carbons (Fsp3) is 0.300. The highest BCUT2D eigenvalue weighted by atomic mass is 35.5. The van der Waals surface area contributed by atoms with E-state index in [1.54, 1.807) is 18.2 Å². The van der Waals surface area contributed by atoms with Crippen molar-refractivity contribution in [2.45, 2.75) is 25.9 Å². The molecular weight excluding hydrogens is 370 g/mol. The van der Waals surface area contributed by atoms with Crippen molar-refractivity contribution in [1.29, 1.82) is 0 Å². The second kappa shape index (κ2) is 10.4. The molecule has 0 radical (unpaired) electrons. The number of carbonyl (C=O) groups excluding carboxylic acids is 2. The summed E-state index contributed by atoms with van der Waals surface area (Å²) in [5, 5.41) is 3.02. The summed E-state index contributed by atoms with van der Waals surface area (Å²) < 4.78 is 15.7. The van der Waals surface area contributed by atoms with E-state index in [0.717, 1.165) is 5.75 Å². The number of benzene rings is 2. The maximum Gasteiger partial charge on any atom is 0.306 e. The van der Waals surface area contributed by atoms with Crippen LogP contribution in [0.25, 0.3) is 0 Å². The number of rotatable bonds is 9. The molecule has 0 aliphatic carbocycles. The lowest BCUT2D eigenvalue weighted by molar-refractivity contribution is -0.153. The lowest BCUT2D eigenvalue weighted by atomic mass is 10.2. The minimum atomic E-state index is -0.923. The molecule has 7 heteroatoms. The zero-order chi connectivity index (χ0) is 19.6. The van der Waals surface area contributed by atoms with Crippen molar-refractivity contribution >= 4 is 29.2 Å². The fourth-order valence-electron chi connectivity index (χ4n) is 2.22. The molecule has 2 rings (SSSR count). The number of ether oxygens (including phenoxy) is 3. The van der Waals surface area contributed by atoms with Crippen LogP contribution in [-0.4, -0.2) is 31.7 Å². The Morgan fingerprint density at radius 3 is 2.56 bits per heavy atom. The van der Waals surface area contributed by atoms with Crippen molar-refractivity contribution in [1.82, 2.24) is 0 Å². The van der Waals surface area contributed by atoms with Crippen LogP contribution in [0.15, 0.2) is 48.5 Å². The third-order valence-electron chi connectivity index (χ3n) is 3.63. The molecular formula is C20H22ClNO5. The van der Waals surface area contributed by atoms with Gasteiger partial charge >= 0.3 is 5.97 Å². The Kier molecular flexibility index (Phi) is 7.95. The molecule has 2 aromatic rings. The fourth-order valence-corrected chi connectivity index (χ4v) is 2.48. The first-order chi connectivity index (χ1) is 13.0. The number of para-hydroxylation sites is 1. The Balaban J connectivity index is 1.71. The molecule has 0 unspecified atom stereocenters. The van der Waals surface area contributed by atoms with Gasteiger partial charge in [0.05, 0.1) is 18.7 Å². The number of carbonyl (C=O) groups is 2. The van der Waals surface area contributed by atoms with Crippen molar-refractivity contribution in [2.75, 3.05) is 19.0 Å². The summed E-state index contributed by atoms with van der Waals surface area (Å²) in [4.78, 5) is 24.0. The molecule has 27 heavy (non-hydrogen) atoms. The monoisotopic (exact) mass is 391 g/mol. The van der Waals surface area contributed by atoms with Crippen molar-refractivity contribution in [3.05, 3.63) is 53.6 Å². The molecule has 0 aromatic heterocycles. The van der Waals surface area contributed by atoms with E-state index in [1.807, 2.05) is 30.3 Å². The molecule has 0 aliphatic heterocycles. The summed E-state index contributed by atoms with van der Waals surface area (Å²) in [6, 6.07) is 14.2. The molecule has 1 atom stereocenters. The molecule has 0 heterocycles. The Hall–Kier alpha value is -2.73. The van der Waals surface area contributed by atoms with Gasteiger partial charge in [0.15, 0.2) is 6.10 Å². The van der Waals surface area contributed by atoms with Gasteiger partial charge in [-0.25, -0.2) is 0 Å². The first kappa shape index (κ1) is 20.6. The molecule has 6 nitrogen and oxygen atoms in total. The van der Waals surface area contributed by atoms with Crippen LogP contribution in [0.1, 0.15) is 19.8 Å². The Morgan fingerprint density at radius 2 is 1.89 bits per heavy atom. The Morgan fingerprint density at radius 1 is 1.15 bits per heavy atom. The van der Waals surface area contributed by atoms with E-state index in [4.69, 9.17) is 25.8 Å². The molecule has 1 N–H and O–H groups in total. The molecule has 2 aromatic carbocycles. The summed E-state index contributed by atoms with van der Waals surface area (Å²) in [7, 11) is 1.51. The second-order valence-electron chi connectivity index (χ2n) is 5.74. The highest BCUT2D eigenvalue weighted by Crippen LogP contribution is 2.27. The van der Waals surface area contributed by atoms with Crippen LogP contribution in [0, 0.1) is 0 Å². The second-order valence-corrected chi connectivity index (χ2v) is 6.14. The Labute approximate surface area is 163 Å². The van der Waals surface area contributed by atoms with Crippen LogP contribution in [-0.2, 0) is 14.3 Å². The van der Waals surface area contributed by atoms with Gasteiger partial charge in [-0.15, -0.1) is 0 Å². The lowest BCUT2D eigenvalue weighted by Crippen LogP contribution is -2.30. The van der Waals surface area contributed by atoms with Crippen LogP contribution in [0.4, 0.5) is 5.69 Å². The zero-order valence-electron chi connectivity index (χ0n) is 15.2. The molecule has 0 aliphatic rings. The van der Waals surface area contributed by atoms with Gasteiger partial charge in [-0.1, -0.05) is 29.8 Å². The first-order valence-electron chi connectivity index (χ1n) is 8.51. The number of anilines is 1. The standard InChI is InChI=1S/C20H22ClNO5/c1-14(20(24)22-15-10-11-18(25-2)17(21)13-15)27-19(23)9-6-12-26-16-7-4-3-5-8-16/h3-5,7-8,10-11,13-14H,6,9,12H2,1-2H3,(H,22,24)/t14-/m0/s1. The van der Waals surface area contributed by atoms with Crippen LogP contribution < -0.4 is 14.8 Å². The van der Waals surface area contributed by atoms with Gasteiger partial charge in [0.1, 0.15) is 11.5 Å². The molecule has 0 saturated heterocycles. The van der Waals surface area contributed by atoms with Gasteiger partial charge in [-0.3, -0.25) is 9.59 Å². The minimum Gasteiger partial charge on any atom is -0.495 e. The number of esters is 1. The lowest BCUT2D eigenvalue weighted by Gasteiger charge is -2.14. The number of hydrogen-bond donors (Lipinski definition) is 1. The number of hydrogen-bond acceptors (Lipinski definition) is 5. The summed E-state index contributed by atoms with van der Waals surface area (Å²) >= 11 is 6.02. The molecule has 0 spiro atoms. The van der Waals surface area contributed by atoms with E-state index in [-0.39, 0.29) is 6.42 Å². The van der Waals surface area contributed by atoms with Crippen molar-refractivity contribution < 1.29 is 23.8 Å². The third-order valence-corrected chi connectivity index (χ3v) is 3.93. The number of amides is 1. The maximum atomic E-state index is 12.1. The van der Waals surface area contributed by atoms with Crippen molar-refractivity contribution in [3.8, 4) is 11.5 Å². The van der Waals surface area contributed by atoms with Crippen LogP contribution in [0.5, 0.6) is 11.5 Å². The summed E-state index contributed by atoms with van der Waals surface area (Å²) in [5.41, 5.74) is 0.491. The van der Waals surface area contributed by atoms with Gasteiger partial charge < -0.3 is 19.5 Å². The zero-order valence-corrected chi connectivity index (χ0v) is 16.0. The van der Waals surface area contributed by atoms with Crippen molar-refractivity contribution in [2.24, 2.45) is 0 Å². The SMILES string of the molecule is COc1ccc(NC(=O)[C@H](C)OC(=O)CCCOc2ccccc2)cc1Cl. The van der Waals surface area contributed by atoms with Crippen LogP contribution >= 0.6 is 11.6 Å². The van der Waals surface area contributed by atoms with Gasteiger partial charge in [-0.05, 0) is 43.7 Å². The normalized spacial score (nSPS) is 11.4. The maximum absolute atomic E-state index is 12.1. The number of nitrogens with one attached hydrogen (secondary N) is 1. The largest absolute Gasteiger partial charge is 0.495 e.